The third kappa shape index (κ3) is 3.99. The highest BCUT2D eigenvalue weighted by atomic mass is 19.1. The van der Waals surface area contributed by atoms with Gasteiger partial charge in [-0.15, -0.1) is 0 Å². The number of nitrogens with zero attached hydrogens (tertiary/aromatic N) is 1. The zero-order valence-electron chi connectivity index (χ0n) is 11.0. The van der Waals surface area contributed by atoms with Crippen LogP contribution in [-0.4, -0.2) is 22.9 Å². The van der Waals surface area contributed by atoms with Crippen LogP contribution in [0.1, 0.15) is 29.8 Å². The van der Waals surface area contributed by atoms with Gasteiger partial charge in [0.1, 0.15) is 5.82 Å². The molecule has 0 saturated heterocycles. The van der Waals surface area contributed by atoms with E-state index in [1.807, 2.05) is 0 Å². The lowest BCUT2D eigenvalue weighted by atomic mass is 10.1. The van der Waals surface area contributed by atoms with Gasteiger partial charge in [0, 0.05) is 24.2 Å². The Hall–Kier alpha value is -2.02. The van der Waals surface area contributed by atoms with E-state index < -0.39 is 22.2 Å². The Morgan fingerprint density at radius 3 is 2.58 bits per heavy atom. The Balaban J connectivity index is 3.05. The van der Waals surface area contributed by atoms with E-state index in [1.54, 1.807) is 13.8 Å². The first-order valence-electron chi connectivity index (χ1n) is 5.63. The molecule has 1 aromatic carbocycles. The molecule has 0 spiro atoms. The fraction of sp³-hybridized carbons (Fsp3) is 0.417. The van der Waals surface area contributed by atoms with Gasteiger partial charge in [0.2, 0.25) is 0 Å². The van der Waals surface area contributed by atoms with Gasteiger partial charge < -0.3 is 11.1 Å². The molecule has 0 atom stereocenters. The number of aryl methyl sites for hydroxylation is 1. The van der Waals surface area contributed by atoms with Crippen molar-refractivity contribution < 1.29 is 14.1 Å². The summed E-state index contributed by atoms with van der Waals surface area (Å²) in [7, 11) is 0. The van der Waals surface area contributed by atoms with Crippen LogP contribution in [0.5, 0.6) is 0 Å². The summed E-state index contributed by atoms with van der Waals surface area (Å²) in [6.45, 7) is 4.89. The van der Waals surface area contributed by atoms with E-state index in [0.717, 1.165) is 12.1 Å². The van der Waals surface area contributed by atoms with Crippen LogP contribution in [-0.2, 0) is 0 Å². The van der Waals surface area contributed by atoms with Crippen LogP contribution in [0.4, 0.5) is 10.1 Å². The van der Waals surface area contributed by atoms with Crippen molar-refractivity contribution in [3.05, 3.63) is 39.2 Å². The van der Waals surface area contributed by atoms with E-state index in [9.17, 15) is 19.3 Å². The minimum atomic E-state index is -0.766. The molecule has 0 aliphatic heterocycles. The largest absolute Gasteiger partial charge is 0.350 e. The number of nitrogens with two attached hydrogens (primary N) is 1. The molecule has 0 aliphatic carbocycles. The van der Waals surface area contributed by atoms with Gasteiger partial charge in [-0.1, -0.05) is 0 Å². The number of hydrogen-bond donors (Lipinski definition) is 2. The minimum absolute atomic E-state index is 0.0476. The molecule has 1 aromatic rings. The van der Waals surface area contributed by atoms with Crippen molar-refractivity contribution in [1.82, 2.24) is 5.32 Å². The van der Waals surface area contributed by atoms with Crippen molar-refractivity contribution in [2.75, 3.05) is 6.54 Å². The van der Waals surface area contributed by atoms with Crippen LogP contribution in [0.25, 0.3) is 0 Å². The number of halogens is 1. The molecular formula is C12H16FN3O3. The standard InChI is InChI=1S/C12H16FN3O3/c1-7-4-8(16(18)19)5-9(10(7)13)11(17)15-6-12(2,3)14/h4-5H,6,14H2,1-3H3,(H,15,17). The van der Waals surface area contributed by atoms with E-state index in [1.165, 1.54) is 6.92 Å². The van der Waals surface area contributed by atoms with Gasteiger partial charge in [-0.2, -0.15) is 0 Å². The van der Waals surface area contributed by atoms with Crippen molar-refractivity contribution in [3.63, 3.8) is 0 Å². The number of amides is 1. The van der Waals surface area contributed by atoms with Crippen molar-refractivity contribution >= 4 is 11.6 Å². The third-order valence-electron chi connectivity index (χ3n) is 2.40. The van der Waals surface area contributed by atoms with Gasteiger partial charge in [-0.25, -0.2) is 4.39 Å². The second kappa shape index (κ2) is 5.31. The maximum absolute atomic E-state index is 13.8. The average molecular weight is 269 g/mol. The Morgan fingerprint density at radius 1 is 1.53 bits per heavy atom. The summed E-state index contributed by atoms with van der Waals surface area (Å²) >= 11 is 0. The molecule has 0 bridgehead atoms. The van der Waals surface area contributed by atoms with Gasteiger partial charge in [0.05, 0.1) is 10.5 Å². The quantitative estimate of drug-likeness (QED) is 0.639. The summed E-state index contributed by atoms with van der Waals surface area (Å²) in [5.74, 6) is -1.49. The van der Waals surface area contributed by atoms with Crippen LogP contribution >= 0.6 is 0 Å². The van der Waals surface area contributed by atoms with Crippen LogP contribution in [0.15, 0.2) is 12.1 Å². The summed E-state index contributed by atoms with van der Waals surface area (Å²) in [5.41, 5.74) is 4.41. The number of nitro benzene ring substituents is 1. The van der Waals surface area contributed by atoms with E-state index in [4.69, 9.17) is 5.73 Å². The molecule has 0 aromatic heterocycles. The zero-order chi connectivity index (χ0) is 14.8. The van der Waals surface area contributed by atoms with E-state index >= 15 is 0 Å². The Bertz CT molecular complexity index is 524. The number of nitrogens with one attached hydrogen (secondary N) is 1. The number of carbonyl (C=O) groups excluding carboxylic acids is 1. The molecule has 0 heterocycles. The Labute approximate surface area is 109 Å². The molecule has 7 heteroatoms. The van der Waals surface area contributed by atoms with E-state index in [-0.39, 0.29) is 23.4 Å². The molecule has 6 nitrogen and oxygen atoms in total. The van der Waals surface area contributed by atoms with E-state index in [2.05, 4.69) is 5.32 Å². The lowest BCUT2D eigenvalue weighted by Gasteiger charge is -2.19. The Kier molecular flexibility index (Phi) is 4.21. The lowest BCUT2D eigenvalue weighted by molar-refractivity contribution is -0.385. The topological polar surface area (TPSA) is 98.3 Å². The molecule has 0 unspecified atom stereocenters. The summed E-state index contributed by atoms with van der Waals surface area (Å²) in [5, 5.41) is 13.1. The van der Waals surface area contributed by atoms with Crippen molar-refractivity contribution in [3.8, 4) is 0 Å². The molecular weight excluding hydrogens is 253 g/mol. The highest BCUT2D eigenvalue weighted by Crippen LogP contribution is 2.21. The highest BCUT2D eigenvalue weighted by Gasteiger charge is 2.21. The summed E-state index contributed by atoms with van der Waals surface area (Å²) < 4.78 is 13.8. The van der Waals surface area contributed by atoms with Gasteiger partial charge in [-0.05, 0) is 26.3 Å². The average Bonchev–Trinajstić information content (AvgIpc) is 2.28. The molecule has 19 heavy (non-hydrogen) atoms. The van der Waals surface area contributed by atoms with Gasteiger partial charge in [0.25, 0.3) is 11.6 Å². The first kappa shape index (κ1) is 15.0. The molecule has 0 saturated carbocycles. The predicted octanol–water partition coefficient (Wildman–Crippen LogP) is 1.51. The normalized spacial score (nSPS) is 11.2. The summed E-state index contributed by atoms with van der Waals surface area (Å²) in [4.78, 5) is 21.8. The van der Waals surface area contributed by atoms with Crippen molar-refractivity contribution in [1.29, 1.82) is 0 Å². The number of rotatable bonds is 4. The first-order chi connectivity index (χ1) is 8.61. The molecule has 1 amide bonds. The maximum Gasteiger partial charge on any atom is 0.270 e. The summed E-state index contributed by atoms with van der Waals surface area (Å²) in [6, 6.07) is 2.00. The van der Waals surface area contributed by atoms with Crippen LogP contribution in [0.3, 0.4) is 0 Å². The highest BCUT2D eigenvalue weighted by molar-refractivity contribution is 5.95. The predicted molar refractivity (Wildman–Crippen MR) is 68.4 cm³/mol. The number of nitro groups is 1. The van der Waals surface area contributed by atoms with Gasteiger partial charge >= 0.3 is 0 Å². The Morgan fingerprint density at radius 2 is 2.11 bits per heavy atom. The summed E-state index contributed by atoms with van der Waals surface area (Å²) in [6.07, 6.45) is 0. The van der Waals surface area contributed by atoms with Crippen LogP contribution in [0, 0.1) is 22.9 Å². The fourth-order valence-electron chi connectivity index (χ4n) is 1.42. The molecule has 0 fully saturated rings. The van der Waals surface area contributed by atoms with Crippen LogP contribution < -0.4 is 11.1 Å². The monoisotopic (exact) mass is 269 g/mol. The van der Waals surface area contributed by atoms with E-state index in [0.29, 0.717) is 0 Å². The van der Waals surface area contributed by atoms with Crippen LogP contribution in [0.2, 0.25) is 0 Å². The minimum Gasteiger partial charge on any atom is -0.350 e. The first-order valence-corrected chi connectivity index (χ1v) is 5.63. The SMILES string of the molecule is Cc1cc([N+](=O)[O-])cc(C(=O)NCC(C)(C)N)c1F. The lowest BCUT2D eigenvalue weighted by Crippen LogP contribution is -2.45. The van der Waals surface area contributed by atoms with Crippen molar-refractivity contribution in [2.45, 2.75) is 26.3 Å². The third-order valence-corrected chi connectivity index (χ3v) is 2.40. The number of carbonyl (C=O) groups is 1. The molecule has 1 rings (SSSR count). The second-order valence-corrected chi connectivity index (χ2v) is 5.05. The van der Waals surface area contributed by atoms with Gasteiger partial charge in [0.15, 0.2) is 0 Å². The number of hydrogen-bond acceptors (Lipinski definition) is 4. The molecule has 104 valence electrons. The second-order valence-electron chi connectivity index (χ2n) is 5.05. The van der Waals surface area contributed by atoms with Crippen molar-refractivity contribution in [2.24, 2.45) is 5.73 Å². The fourth-order valence-corrected chi connectivity index (χ4v) is 1.42. The molecule has 3 N–H and O–H groups in total. The van der Waals surface area contributed by atoms with Gasteiger partial charge in [-0.3, -0.25) is 14.9 Å². The maximum atomic E-state index is 13.8. The number of non-ortho nitro benzene ring substituents is 1. The zero-order valence-corrected chi connectivity index (χ0v) is 11.0. The number of benzene rings is 1. The molecule has 0 aliphatic rings. The smallest absolute Gasteiger partial charge is 0.270 e. The molecule has 0 radical (unpaired) electrons.